The number of nitrogens with one attached hydrogen (secondary N) is 2. The Morgan fingerprint density at radius 2 is 1.64 bits per heavy atom. The third-order valence-electron chi connectivity index (χ3n) is 3.28. The predicted molar refractivity (Wildman–Crippen MR) is 90.3 cm³/mol. The van der Waals surface area contributed by atoms with Crippen LogP contribution < -0.4 is 15.4 Å². The normalized spacial score (nSPS) is 14.0. The molecule has 0 spiro atoms. The molecule has 0 radical (unpaired) electrons. The van der Waals surface area contributed by atoms with Crippen LogP contribution in [0.25, 0.3) is 6.08 Å². The highest BCUT2D eigenvalue weighted by atomic mass is 79.9. The van der Waals surface area contributed by atoms with Gasteiger partial charge in [-0.3, -0.25) is 20.2 Å². The van der Waals surface area contributed by atoms with E-state index in [1.807, 2.05) is 10.6 Å². The topological polar surface area (TPSA) is 84.5 Å². The molecule has 4 amide bonds. The molecule has 1 fully saturated rings. The average Bonchev–Trinajstić information content (AvgIpc) is 2.55. The number of halogens is 2. The molecule has 8 heteroatoms. The summed E-state index contributed by atoms with van der Waals surface area (Å²) in [6, 6.07) is 9.93. The van der Waals surface area contributed by atoms with Crippen LogP contribution in [0.3, 0.4) is 0 Å². The highest BCUT2D eigenvalue weighted by molar-refractivity contribution is 9.10. The van der Waals surface area contributed by atoms with Gasteiger partial charge in [0.2, 0.25) is 0 Å². The highest BCUT2D eigenvalue weighted by Gasteiger charge is 2.28. The number of imide groups is 2. The van der Waals surface area contributed by atoms with Gasteiger partial charge in [-0.2, -0.15) is 0 Å². The summed E-state index contributed by atoms with van der Waals surface area (Å²) < 4.78 is 20.1. The number of ether oxygens (including phenoxy) is 1. The Kier molecular flexibility index (Phi) is 4.62. The molecule has 1 heterocycles. The molecular weight excluding hydrogens is 395 g/mol. The maximum Gasteiger partial charge on any atom is 0.328 e. The first-order valence-corrected chi connectivity index (χ1v) is 7.83. The lowest BCUT2D eigenvalue weighted by Crippen LogP contribution is -2.51. The lowest BCUT2D eigenvalue weighted by molar-refractivity contribution is -0.123. The molecule has 25 heavy (non-hydrogen) atoms. The molecule has 126 valence electrons. The zero-order valence-corrected chi connectivity index (χ0v) is 14.1. The van der Waals surface area contributed by atoms with Gasteiger partial charge < -0.3 is 4.74 Å². The van der Waals surface area contributed by atoms with E-state index in [2.05, 4.69) is 15.9 Å². The molecule has 1 aliphatic heterocycles. The molecule has 1 aliphatic rings. The van der Waals surface area contributed by atoms with Gasteiger partial charge in [-0.1, -0.05) is 34.1 Å². The lowest BCUT2D eigenvalue weighted by Gasteiger charge is -2.15. The van der Waals surface area contributed by atoms with Crippen molar-refractivity contribution in [1.29, 1.82) is 0 Å². The number of barbiturate groups is 1. The SMILES string of the molecule is O=C1NC(=O)C(=Cc2ccccc2Oc2ccc(Br)cc2F)C(=O)N1. The third-order valence-corrected chi connectivity index (χ3v) is 3.77. The number of hydrogen-bond donors (Lipinski definition) is 2. The van der Waals surface area contributed by atoms with Gasteiger partial charge in [0.15, 0.2) is 11.6 Å². The van der Waals surface area contributed by atoms with Gasteiger partial charge in [0.1, 0.15) is 11.3 Å². The van der Waals surface area contributed by atoms with E-state index in [4.69, 9.17) is 4.74 Å². The van der Waals surface area contributed by atoms with E-state index < -0.39 is 23.7 Å². The molecule has 0 aromatic heterocycles. The summed E-state index contributed by atoms with van der Waals surface area (Å²) in [5, 5.41) is 3.96. The molecule has 6 nitrogen and oxygen atoms in total. The van der Waals surface area contributed by atoms with E-state index in [0.717, 1.165) is 0 Å². The molecule has 0 aliphatic carbocycles. The van der Waals surface area contributed by atoms with Crippen molar-refractivity contribution in [3.8, 4) is 11.5 Å². The Bertz CT molecular complexity index is 905. The van der Waals surface area contributed by atoms with Gasteiger partial charge in [0.25, 0.3) is 11.8 Å². The van der Waals surface area contributed by atoms with Crippen molar-refractivity contribution in [3.05, 3.63) is 63.9 Å². The minimum absolute atomic E-state index is 0.0122. The van der Waals surface area contributed by atoms with Crippen LogP contribution >= 0.6 is 15.9 Å². The standard InChI is InChI=1S/C17H10BrFN2O4/c18-10-5-6-14(12(19)8-10)25-13-4-2-1-3-9(13)7-11-15(22)20-17(24)21-16(11)23/h1-8H,(H2,20,21,22,23,24). The van der Waals surface area contributed by atoms with Gasteiger partial charge in [0, 0.05) is 10.0 Å². The third kappa shape index (κ3) is 3.74. The fourth-order valence-electron chi connectivity index (χ4n) is 2.13. The Hall–Kier alpha value is -3.00. The summed E-state index contributed by atoms with van der Waals surface area (Å²) in [5.41, 5.74) is 0.117. The Balaban J connectivity index is 1.96. The summed E-state index contributed by atoms with van der Waals surface area (Å²) in [5.74, 6) is -1.98. The summed E-state index contributed by atoms with van der Waals surface area (Å²) in [6.45, 7) is 0. The zero-order valence-electron chi connectivity index (χ0n) is 12.5. The first-order valence-electron chi connectivity index (χ1n) is 7.04. The largest absolute Gasteiger partial charge is 0.454 e. The van der Waals surface area contributed by atoms with E-state index >= 15 is 0 Å². The number of carbonyl (C=O) groups is 3. The number of para-hydroxylation sites is 1. The van der Waals surface area contributed by atoms with Gasteiger partial charge in [-0.05, 0) is 30.3 Å². The number of carbonyl (C=O) groups excluding carboxylic acids is 3. The second-order valence-corrected chi connectivity index (χ2v) is 5.93. The zero-order chi connectivity index (χ0) is 18.0. The average molecular weight is 405 g/mol. The molecule has 0 unspecified atom stereocenters. The Labute approximate surface area is 149 Å². The van der Waals surface area contributed by atoms with Crippen molar-refractivity contribution in [1.82, 2.24) is 10.6 Å². The highest BCUT2D eigenvalue weighted by Crippen LogP contribution is 2.30. The van der Waals surface area contributed by atoms with Crippen LogP contribution in [0.1, 0.15) is 5.56 Å². The van der Waals surface area contributed by atoms with Crippen molar-refractivity contribution in [3.63, 3.8) is 0 Å². The van der Waals surface area contributed by atoms with Crippen LogP contribution in [0.15, 0.2) is 52.5 Å². The van der Waals surface area contributed by atoms with E-state index in [1.165, 1.54) is 18.2 Å². The number of rotatable bonds is 3. The summed E-state index contributed by atoms with van der Waals surface area (Å²) in [7, 11) is 0. The van der Waals surface area contributed by atoms with Gasteiger partial charge in [-0.25, -0.2) is 9.18 Å². The van der Waals surface area contributed by atoms with Crippen LogP contribution in [-0.4, -0.2) is 17.8 Å². The molecule has 3 rings (SSSR count). The fourth-order valence-corrected chi connectivity index (χ4v) is 2.46. The molecule has 2 aromatic carbocycles. The van der Waals surface area contributed by atoms with E-state index in [0.29, 0.717) is 10.0 Å². The molecule has 0 bridgehead atoms. The number of benzene rings is 2. The van der Waals surface area contributed by atoms with Gasteiger partial charge in [0.05, 0.1) is 0 Å². The van der Waals surface area contributed by atoms with Crippen LogP contribution in [0.5, 0.6) is 11.5 Å². The smallest absolute Gasteiger partial charge is 0.328 e. The van der Waals surface area contributed by atoms with E-state index in [9.17, 15) is 18.8 Å². The predicted octanol–water partition coefficient (Wildman–Crippen LogP) is 3.13. The monoisotopic (exact) mass is 404 g/mol. The van der Waals surface area contributed by atoms with Gasteiger partial charge >= 0.3 is 6.03 Å². The van der Waals surface area contributed by atoms with Crippen LogP contribution in [-0.2, 0) is 9.59 Å². The molecule has 0 atom stereocenters. The van der Waals surface area contributed by atoms with E-state index in [1.54, 1.807) is 30.3 Å². The van der Waals surface area contributed by atoms with Crippen molar-refractivity contribution in [2.75, 3.05) is 0 Å². The van der Waals surface area contributed by atoms with Crippen molar-refractivity contribution in [2.45, 2.75) is 0 Å². The number of hydrogen-bond acceptors (Lipinski definition) is 4. The van der Waals surface area contributed by atoms with Crippen molar-refractivity contribution < 1.29 is 23.5 Å². The molecule has 2 N–H and O–H groups in total. The lowest BCUT2D eigenvalue weighted by atomic mass is 10.1. The first-order chi connectivity index (χ1) is 11.9. The summed E-state index contributed by atoms with van der Waals surface area (Å²) in [4.78, 5) is 34.7. The van der Waals surface area contributed by atoms with E-state index in [-0.39, 0.29) is 17.1 Å². The molecule has 1 saturated heterocycles. The maximum atomic E-state index is 14.0. The van der Waals surface area contributed by atoms with Gasteiger partial charge in [-0.15, -0.1) is 0 Å². The maximum absolute atomic E-state index is 14.0. The fraction of sp³-hybridized carbons (Fsp3) is 0. The quantitative estimate of drug-likeness (QED) is 0.607. The first kappa shape index (κ1) is 16.8. The second kappa shape index (κ2) is 6.86. The Morgan fingerprint density at radius 1 is 0.960 bits per heavy atom. The van der Waals surface area contributed by atoms with Crippen molar-refractivity contribution >= 4 is 39.9 Å². The van der Waals surface area contributed by atoms with Crippen LogP contribution in [0.4, 0.5) is 9.18 Å². The minimum atomic E-state index is -0.881. The minimum Gasteiger partial charge on any atom is -0.454 e. The number of urea groups is 1. The summed E-state index contributed by atoms with van der Waals surface area (Å²) in [6.07, 6.45) is 1.27. The summed E-state index contributed by atoms with van der Waals surface area (Å²) >= 11 is 3.16. The number of amides is 4. The molecule has 0 saturated carbocycles. The van der Waals surface area contributed by atoms with Crippen LogP contribution in [0, 0.1) is 5.82 Å². The Morgan fingerprint density at radius 3 is 2.32 bits per heavy atom. The second-order valence-electron chi connectivity index (χ2n) is 5.01. The molecular formula is C17H10BrFN2O4. The van der Waals surface area contributed by atoms with Crippen LogP contribution in [0.2, 0.25) is 0 Å². The van der Waals surface area contributed by atoms with Crippen molar-refractivity contribution in [2.24, 2.45) is 0 Å². The molecule has 2 aromatic rings.